The fourth-order valence-electron chi connectivity index (χ4n) is 1.15. The molecule has 0 aliphatic heterocycles. The molecule has 0 amide bonds. The highest BCUT2D eigenvalue weighted by Crippen LogP contribution is 2.20. The van der Waals surface area contributed by atoms with E-state index in [1.54, 1.807) is 16.0 Å². The molecule has 2 aromatic heterocycles. The van der Waals surface area contributed by atoms with Crippen LogP contribution in [0.5, 0.6) is 0 Å². The fraction of sp³-hybridized carbons (Fsp3) is 0.222. The van der Waals surface area contributed by atoms with Gasteiger partial charge in [-0.05, 0) is 22.0 Å². The summed E-state index contributed by atoms with van der Waals surface area (Å²) in [5.74, 6) is -0.441. The van der Waals surface area contributed by atoms with E-state index in [1.165, 1.54) is 13.4 Å². The van der Waals surface area contributed by atoms with Gasteiger partial charge in [-0.1, -0.05) is 0 Å². The third-order valence-corrected chi connectivity index (χ3v) is 3.53. The van der Waals surface area contributed by atoms with Crippen molar-refractivity contribution in [2.45, 2.75) is 6.54 Å². The maximum absolute atomic E-state index is 11.1. The highest BCUT2D eigenvalue weighted by molar-refractivity contribution is 9.10. The summed E-state index contributed by atoms with van der Waals surface area (Å²) in [6.07, 6.45) is 1.51. The zero-order chi connectivity index (χ0) is 11.5. The van der Waals surface area contributed by atoms with Gasteiger partial charge in [-0.15, -0.1) is 16.4 Å². The van der Waals surface area contributed by atoms with E-state index in [9.17, 15) is 4.79 Å². The highest BCUT2D eigenvalue weighted by atomic mass is 79.9. The molecule has 0 radical (unpaired) electrons. The van der Waals surface area contributed by atoms with Crippen LogP contribution in [0.1, 0.15) is 15.5 Å². The molecule has 0 spiro atoms. The Kier molecular flexibility index (Phi) is 3.35. The standard InChI is InChI=1S/C9H8BrN3O2S/c1-15-9(14)8-11-5-13(12-8)3-7-2-6(10)4-16-7/h2,4-5H,3H2,1H3. The first-order valence-corrected chi connectivity index (χ1v) is 6.07. The number of carbonyl (C=O) groups is 1. The van der Waals surface area contributed by atoms with Gasteiger partial charge in [0.1, 0.15) is 6.33 Å². The number of hydrogen-bond donors (Lipinski definition) is 0. The van der Waals surface area contributed by atoms with Crippen molar-refractivity contribution in [1.82, 2.24) is 14.8 Å². The monoisotopic (exact) mass is 301 g/mol. The number of esters is 1. The lowest BCUT2D eigenvalue weighted by molar-refractivity contribution is 0.0586. The van der Waals surface area contributed by atoms with Crippen molar-refractivity contribution in [3.8, 4) is 0 Å². The Labute approximate surface area is 104 Å². The van der Waals surface area contributed by atoms with E-state index in [0.29, 0.717) is 6.54 Å². The molecule has 84 valence electrons. The van der Waals surface area contributed by atoms with Crippen LogP contribution in [0.2, 0.25) is 0 Å². The highest BCUT2D eigenvalue weighted by Gasteiger charge is 2.11. The maximum atomic E-state index is 11.1. The summed E-state index contributed by atoms with van der Waals surface area (Å²) in [7, 11) is 1.30. The molecule has 2 aromatic rings. The second-order valence-corrected chi connectivity index (χ2v) is 4.90. The van der Waals surface area contributed by atoms with Gasteiger partial charge in [-0.2, -0.15) is 0 Å². The molecular weight excluding hydrogens is 294 g/mol. The number of aromatic nitrogens is 3. The van der Waals surface area contributed by atoms with E-state index in [4.69, 9.17) is 0 Å². The Morgan fingerprint density at radius 1 is 1.69 bits per heavy atom. The SMILES string of the molecule is COC(=O)c1ncn(Cc2cc(Br)cs2)n1. The molecule has 0 atom stereocenters. The fourth-order valence-corrected chi connectivity index (χ4v) is 2.59. The topological polar surface area (TPSA) is 57.0 Å². The van der Waals surface area contributed by atoms with Crippen molar-refractivity contribution in [2.24, 2.45) is 0 Å². The van der Waals surface area contributed by atoms with Crippen LogP contribution >= 0.6 is 27.3 Å². The molecule has 0 saturated carbocycles. The van der Waals surface area contributed by atoms with Gasteiger partial charge < -0.3 is 4.74 Å². The van der Waals surface area contributed by atoms with Crippen LogP contribution in [0.25, 0.3) is 0 Å². The second-order valence-electron chi connectivity index (χ2n) is 2.99. The van der Waals surface area contributed by atoms with E-state index in [0.717, 1.165) is 9.35 Å². The van der Waals surface area contributed by atoms with Gasteiger partial charge >= 0.3 is 5.97 Å². The number of hydrogen-bond acceptors (Lipinski definition) is 5. The predicted molar refractivity (Wildman–Crippen MR) is 62.5 cm³/mol. The Bertz CT molecular complexity index is 508. The molecule has 2 heterocycles. The predicted octanol–water partition coefficient (Wildman–Crippen LogP) is 1.94. The van der Waals surface area contributed by atoms with Crippen LogP contribution < -0.4 is 0 Å². The van der Waals surface area contributed by atoms with Crippen LogP contribution in [0, 0.1) is 0 Å². The van der Waals surface area contributed by atoms with Gasteiger partial charge in [0.25, 0.3) is 5.82 Å². The molecule has 16 heavy (non-hydrogen) atoms. The molecule has 0 aliphatic carbocycles. The molecule has 2 rings (SSSR count). The zero-order valence-electron chi connectivity index (χ0n) is 8.38. The molecule has 5 nitrogen and oxygen atoms in total. The Hall–Kier alpha value is -1.21. The summed E-state index contributed by atoms with van der Waals surface area (Å²) < 4.78 is 7.17. The minimum absolute atomic E-state index is 0.0816. The van der Waals surface area contributed by atoms with Crippen molar-refractivity contribution in [1.29, 1.82) is 0 Å². The van der Waals surface area contributed by atoms with E-state index in [1.807, 2.05) is 11.4 Å². The van der Waals surface area contributed by atoms with Crippen LogP contribution in [0.3, 0.4) is 0 Å². The van der Waals surface area contributed by atoms with Crippen molar-refractivity contribution < 1.29 is 9.53 Å². The van der Waals surface area contributed by atoms with Gasteiger partial charge in [0, 0.05) is 14.7 Å². The lowest BCUT2D eigenvalue weighted by Gasteiger charge is -1.95. The molecule has 0 bridgehead atoms. The van der Waals surface area contributed by atoms with E-state index in [2.05, 4.69) is 30.7 Å². The first kappa shape index (κ1) is 11.3. The number of ether oxygens (including phenoxy) is 1. The molecule has 0 aromatic carbocycles. The second kappa shape index (κ2) is 4.75. The summed E-state index contributed by atoms with van der Waals surface area (Å²) in [4.78, 5) is 16.1. The third kappa shape index (κ3) is 2.48. The Balaban J connectivity index is 2.11. The van der Waals surface area contributed by atoms with Crippen LogP contribution in [0.15, 0.2) is 22.2 Å². The van der Waals surface area contributed by atoms with Crippen molar-refractivity contribution >= 4 is 33.2 Å². The van der Waals surface area contributed by atoms with Crippen LogP contribution in [-0.4, -0.2) is 27.8 Å². The molecule has 0 unspecified atom stereocenters. The lowest BCUT2D eigenvalue weighted by Crippen LogP contribution is -2.06. The van der Waals surface area contributed by atoms with Gasteiger partial charge in [0.05, 0.1) is 13.7 Å². The smallest absolute Gasteiger partial charge is 0.377 e. The number of nitrogens with zero attached hydrogens (tertiary/aromatic N) is 3. The van der Waals surface area contributed by atoms with Gasteiger partial charge in [0.2, 0.25) is 0 Å². The Morgan fingerprint density at radius 3 is 3.12 bits per heavy atom. The van der Waals surface area contributed by atoms with E-state index >= 15 is 0 Å². The molecule has 0 saturated heterocycles. The van der Waals surface area contributed by atoms with Gasteiger partial charge in [-0.3, -0.25) is 0 Å². The van der Waals surface area contributed by atoms with Crippen LogP contribution in [-0.2, 0) is 11.3 Å². The molecule has 7 heteroatoms. The van der Waals surface area contributed by atoms with Crippen molar-refractivity contribution in [3.05, 3.63) is 32.9 Å². The molecule has 0 fully saturated rings. The summed E-state index contributed by atoms with van der Waals surface area (Å²) in [5, 5.41) is 6.00. The zero-order valence-corrected chi connectivity index (χ0v) is 10.8. The summed E-state index contributed by atoms with van der Waals surface area (Å²) in [6.45, 7) is 0.597. The van der Waals surface area contributed by atoms with Gasteiger partial charge in [-0.25, -0.2) is 14.5 Å². The number of rotatable bonds is 3. The van der Waals surface area contributed by atoms with Gasteiger partial charge in [0.15, 0.2) is 0 Å². The number of methoxy groups -OCH3 is 1. The summed E-state index contributed by atoms with van der Waals surface area (Å²) in [6, 6.07) is 2.00. The molecule has 0 aliphatic rings. The number of carbonyl (C=O) groups excluding carboxylic acids is 1. The molecular formula is C9H8BrN3O2S. The summed E-state index contributed by atoms with van der Waals surface area (Å²) in [5.41, 5.74) is 0. The normalized spacial score (nSPS) is 10.4. The summed E-state index contributed by atoms with van der Waals surface area (Å²) >= 11 is 4.99. The number of halogens is 1. The average molecular weight is 302 g/mol. The first-order chi connectivity index (χ1) is 7.69. The maximum Gasteiger partial charge on any atom is 0.377 e. The largest absolute Gasteiger partial charge is 0.463 e. The minimum Gasteiger partial charge on any atom is -0.463 e. The molecule has 0 N–H and O–H groups in total. The van der Waals surface area contributed by atoms with E-state index < -0.39 is 5.97 Å². The van der Waals surface area contributed by atoms with Crippen molar-refractivity contribution in [2.75, 3.05) is 7.11 Å². The lowest BCUT2D eigenvalue weighted by atomic mass is 10.5. The third-order valence-electron chi connectivity index (χ3n) is 1.84. The minimum atomic E-state index is -0.522. The quantitative estimate of drug-likeness (QED) is 0.813. The number of thiophene rings is 1. The van der Waals surface area contributed by atoms with Crippen molar-refractivity contribution in [3.63, 3.8) is 0 Å². The van der Waals surface area contributed by atoms with E-state index in [-0.39, 0.29) is 5.82 Å². The average Bonchev–Trinajstić information content (AvgIpc) is 2.87. The van der Waals surface area contributed by atoms with Crippen LogP contribution in [0.4, 0.5) is 0 Å². The Morgan fingerprint density at radius 2 is 2.50 bits per heavy atom. The first-order valence-electron chi connectivity index (χ1n) is 4.39.